The molecule has 1 saturated heterocycles. The molecule has 0 unspecified atom stereocenters. The van der Waals surface area contributed by atoms with Crippen LogP contribution in [0.25, 0.3) is 10.9 Å². The van der Waals surface area contributed by atoms with Gasteiger partial charge in [0.05, 0.1) is 22.9 Å². The number of aryl methyl sites for hydroxylation is 2. The van der Waals surface area contributed by atoms with Gasteiger partial charge in [0, 0.05) is 41.5 Å². The number of halogens is 1. The van der Waals surface area contributed by atoms with Crippen molar-refractivity contribution in [2.45, 2.75) is 120 Å². The molecule has 17 heteroatoms. The minimum atomic E-state index is -4.00. The molecule has 5 atom stereocenters. The maximum absolute atomic E-state index is 14.7. The predicted molar refractivity (Wildman–Crippen MR) is 215 cm³/mol. The fourth-order valence-electron chi connectivity index (χ4n) is 7.60. The number of nitrogens with zero attached hydrogens (tertiary/aromatic N) is 4. The van der Waals surface area contributed by atoms with E-state index in [0.717, 1.165) is 22.9 Å². The van der Waals surface area contributed by atoms with Crippen molar-refractivity contribution in [3.63, 3.8) is 0 Å². The van der Waals surface area contributed by atoms with Crippen molar-refractivity contribution in [2.75, 3.05) is 6.54 Å². The number of nitrogens with one attached hydrogen (secondary N) is 3. The minimum Gasteiger partial charge on any atom is -0.488 e. The standard InChI is InChI=1S/C40H50BrN7O8S/c1-23(2)55-32-20-31(27-14-13-24(3)33(41)34(27)43-32)56-26-19-30-36(50)44-40(38(52)46-57(53,54)39(4)16-17-39)21-25(40)11-9-7-6-8-10-12-29(37(51)48(30)22-26)42-35(49)28-15-18-47(5)45-28/h9,11,13-15,18,20,23,25-26,29-30H,6-8,10,12,16-17,19,21-22H2,1-5H3,(H,42,49)(H,44,50)(H,46,52)/b11-9-/t25-,26-,29+,30+,40-/m1/s1. The first-order valence-electron chi connectivity index (χ1n) is 19.6. The van der Waals surface area contributed by atoms with Crippen LogP contribution in [-0.2, 0) is 31.5 Å². The Bertz CT molecular complexity index is 2240. The lowest BCUT2D eigenvalue weighted by Crippen LogP contribution is -2.58. The molecule has 2 aliphatic carbocycles. The smallest absolute Gasteiger partial charge is 0.272 e. The van der Waals surface area contributed by atoms with E-state index in [-0.39, 0.29) is 31.2 Å². The third-order valence-corrected chi connectivity index (χ3v) is 14.6. The van der Waals surface area contributed by atoms with Crippen LogP contribution in [0.1, 0.15) is 94.6 Å². The van der Waals surface area contributed by atoms with Gasteiger partial charge in [-0.3, -0.25) is 28.6 Å². The summed E-state index contributed by atoms with van der Waals surface area (Å²) >= 11 is 3.66. The van der Waals surface area contributed by atoms with Gasteiger partial charge in [0.15, 0.2) is 0 Å². The quantitative estimate of drug-likeness (QED) is 0.261. The number of amides is 4. The summed E-state index contributed by atoms with van der Waals surface area (Å²) < 4.78 is 42.6. The summed E-state index contributed by atoms with van der Waals surface area (Å²) in [7, 11) is -2.31. The van der Waals surface area contributed by atoms with Crippen molar-refractivity contribution < 1.29 is 37.1 Å². The summed E-state index contributed by atoms with van der Waals surface area (Å²) in [5, 5.41) is 10.7. The predicted octanol–water partition coefficient (Wildman–Crippen LogP) is 4.37. The molecule has 306 valence electrons. The van der Waals surface area contributed by atoms with Crippen molar-refractivity contribution in [1.29, 1.82) is 0 Å². The van der Waals surface area contributed by atoms with E-state index in [1.54, 1.807) is 32.3 Å². The van der Waals surface area contributed by atoms with E-state index in [1.807, 2.05) is 45.1 Å². The van der Waals surface area contributed by atoms with E-state index < -0.39 is 68.0 Å². The van der Waals surface area contributed by atoms with Crippen LogP contribution in [0.15, 0.2) is 47.1 Å². The number of pyridine rings is 1. The van der Waals surface area contributed by atoms with Gasteiger partial charge in [0.1, 0.15) is 35.2 Å². The average molecular weight is 869 g/mol. The number of fused-ring (bicyclic) bond motifs is 3. The molecule has 2 aromatic heterocycles. The number of aromatic nitrogens is 3. The highest BCUT2D eigenvalue weighted by molar-refractivity contribution is 9.10. The molecule has 3 N–H and O–H groups in total. The number of benzene rings is 1. The third kappa shape index (κ3) is 8.41. The summed E-state index contributed by atoms with van der Waals surface area (Å²) in [5.41, 5.74) is 0.205. The minimum absolute atomic E-state index is 0.0145. The molecule has 0 bridgehead atoms. The lowest BCUT2D eigenvalue weighted by molar-refractivity contribution is -0.141. The normalized spacial score (nSPS) is 26.7. The van der Waals surface area contributed by atoms with E-state index in [0.29, 0.717) is 54.6 Å². The van der Waals surface area contributed by atoms with Crippen LogP contribution in [0.5, 0.6) is 11.6 Å². The van der Waals surface area contributed by atoms with Gasteiger partial charge < -0.3 is 25.0 Å². The SMILES string of the molecule is Cc1ccc2c(O[C@@H]3C[C@H]4C(=O)N[C@]5(C(=O)NS(=O)(=O)C6(C)CC6)C[C@H]5/C=C\CCCCC[C@H](NC(=O)c5ccn(C)n5)C(=O)N4C3)cc(OC(C)C)nc2c1Br. The van der Waals surface area contributed by atoms with Gasteiger partial charge in [-0.2, -0.15) is 5.10 Å². The molecular formula is C40H50BrN7O8S. The van der Waals surface area contributed by atoms with E-state index in [1.165, 1.54) is 9.58 Å². The van der Waals surface area contributed by atoms with Crippen molar-refractivity contribution in [3.8, 4) is 11.6 Å². The Morgan fingerprint density at radius 2 is 1.89 bits per heavy atom. The zero-order valence-electron chi connectivity index (χ0n) is 32.8. The second-order valence-corrected chi connectivity index (χ2v) is 19.3. The lowest BCUT2D eigenvalue weighted by Gasteiger charge is -2.30. The lowest BCUT2D eigenvalue weighted by atomic mass is 10.0. The molecule has 0 radical (unpaired) electrons. The molecule has 1 aromatic carbocycles. The van der Waals surface area contributed by atoms with Gasteiger partial charge >= 0.3 is 0 Å². The van der Waals surface area contributed by atoms with Crippen molar-refractivity contribution in [1.82, 2.24) is 35.0 Å². The number of carbonyl (C=O) groups is 4. The third-order valence-electron chi connectivity index (χ3n) is 11.4. The van der Waals surface area contributed by atoms with E-state index in [4.69, 9.17) is 14.5 Å². The molecule has 3 aromatic rings. The molecule has 4 aliphatic rings. The van der Waals surface area contributed by atoms with Gasteiger partial charge in [0.25, 0.3) is 11.8 Å². The molecule has 4 heterocycles. The van der Waals surface area contributed by atoms with Crippen molar-refractivity contribution in [2.24, 2.45) is 13.0 Å². The Labute approximate surface area is 340 Å². The first-order valence-corrected chi connectivity index (χ1v) is 21.9. The van der Waals surface area contributed by atoms with Crippen LogP contribution < -0.4 is 24.8 Å². The van der Waals surface area contributed by atoms with Gasteiger partial charge in [-0.05, 0) is 99.8 Å². The Morgan fingerprint density at radius 1 is 1.12 bits per heavy atom. The van der Waals surface area contributed by atoms with Crippen LogP contribution in [0.3, 0.4) is 0 Å². The molecular weight excluding hydrogens is 818 g/mol. The highest BCUT2D eigenvalue weighted by atomic mass is 79.9. The zero-order valence-corrected chi connectivity index (χ0v) is 35.2. The van der Waals surface area contributed by atoms with Crippen LogP contribution >= 0.6 is 15.9 Å². The van der Waals surface area contributed by atoms with Gasteiger partial charge in [0.2, 0.25) is 27.7 Å². The summed E-state index contributed by atoms with van der Waals surface area (Å²) in [6.07, 6.45) is 8.88. The van der Waals surface area contributed by atoms with Crippen LogP contribution in [0.2, 0.25) is 0 Å². The number of hydrogen-bond donors (Lipinski definition) is 3. The first kappa shape index (κ1) is 40.7. The molecule has 7 rings (SSSR count). The molecule has 2 saturated carbocycles. The number of hydrogen-bond acceptors (Lipinski definition) is 10. The maximum Gasteiger partial charge on any atom is 0.272 e. The Kier molecular flexibility index (Phi) is 11.2. The molecule has 4 amide bonds. The van der Waals surface area contributed by atoms with E-state index in [2.05, 4.69) is 36.4 Å². The molecule has 0 spiro atoms. The second-order valence-electron chi connectivity index (χ2n) is 16.3. The van der Waals surface area contributed by atoms with E-state index in [9.17, 15) is 27.6 Å². The summed E-state index contributed by atoms with van der Waals surface area (Å²) in [6, 6.07) is 4.97. The molecule has 15 nitrogen and oxygen atoms in total. The Morgan fingerprint density at radius 3 is 2.60 bits per heavy atom. The van der Waals surface area contributed by atoms with Gasteiger partial charge in [-0.1, -0.05) is 31.1 Å². The van der Waals surface area contributed by atoms with E-state index >= 15 is 0 Å². The molecule has 57 heavy (non-hydrogen) atoms. The fourth-order valence-corrected chi connectivity index (χ4v) is 9.35. The van der Waals surface area contributed by atoms with Crippen molar-refractivity contribution >= 4 is 60.5 Å². The molecule has 3 fully saturated rings. The Hall–Kier alpha value is -4.51. The number of allylic oxidation sites excluding steroid dienone is 1. The number of carbonyl (C=O) groups excluding carboxylic acids is 4. The monoisotopic (exact) mass is 867 g/mol. The highest BCUT2D eigenvalue weighted by Gasteiger charge is 2.63. The van der Waals surface area contributed by atoms with Crippen LogP contribution in [0, 0.1) is 12.8 Å². The summed E-state index contributed by atoms with van der Waals surface area (Å²) in [4.78, 5) is 62.8. The summed E-state index contributed by atoms with van der Waals surface area (Å²) in [5.74, 6) is -2.08. The van der Waals surface area contributed by atoms with Crippen LogP contribution in [0.4, 0.5) is 0 Å². The average Bonchev–Trinajstić information content (AvgIpc) is 3.95. The fraction of sp³-hybridized carbons (Fsp3) is 0.550. The topological polar surface area (TPSA) is 191 Å². The number of ether oxygens (including phenoxy) is 2. The largest absolute Gasteiger partial charge is 0.488 e. The van der Waals surface area contributed by atoms with Gasteiger partial charge in [-0.25, -0.2) is 13.4 Å². The van der Waals surface area contributed by atoms with Crippen molar-refractivity contribution in [3.05, 3.63) is 58.3 Å². The Balaban J connectivity index is 1.23. The van der Waals surface area contributed by atoms with Gasteiger partial charge in [-0.15, -0.1) is 0 Å². The zero-order chi connectivity index (χ0) is 40.9. The molecule has 2 aliphatic heterocycles. The maximum atomic E-state index is 14.7. The number of rotatable bonds is 9. The second kappa shape index (κ2) is 15.7. The highest BCUT2D eigenvalue weighted by Crippen LogP contribution is 2.47. The first-order chi connectivity index (χ1) is 27.0. The van der Waals surface area contributed by atoms with Crippen LogP contribution in [-0.4, -0.2) is 92.8 Å². The summed E-state index contributed by atoms with van der Waals surface area (Å²) in [6.45, 7) is 7.31. The number of sulfonamides is 1.